The third-order valence-corrected chi connectivity index (χ3v) is 3.27. The maximum atomic E-state index is 10.0. The van der Waals surface area contributed by atoms with Crippen molar-refractivity contribution in [3.63, 3.8) is 0 Å². The molecule has 0 amide bonds. The van der Waals surface area contributed by atoms with E-state index in [2.05, 4.69) is 9.88 Å². The molecule has 3 N–H and O–H groups in total. The fourth-order valence-electron chi connectivity index (χ4n) is 2.13. The van der Waals surface area contributed by atoms with E-state index in [0.717, 1.165) is 30.8 Å². The summed E-state index contributed by atoms with van der Waals surface area (Å²) in [6.07, 6.45) is 3.50. The molecule has 1 aliphatic heterocycles. The van der Waals surface area contributed by atoms with Crippen LogP contribution in [0.4, 0.5) is 5.82 Å². The highest BCUT2D eigenvalue weighted by molar-refractivity contribution is 7.80. The van der Waals surface area contributed by atoms with Gasteiger partial charge in [0.15, 0.2) is 0 Å². The smallest absolute Gasteiger partial charge is 0.128 e. The number of hydrogen-bond donors (Lipinski definition) is 2. The van der Waals surface area contributed by atoms with Crippen molar-refractivity contribution < 1.29 is 5.11 Å². The van der Waals surface area contributed by atoms with Crippen molar-refractivity contribution in [3.05, 3.63) is 23.9 Å². The van der Waals surface area contributed by atoms with Crippen LogP contribution in [0.25, 0.3) is 0 Å². The van der Waals surface area contributed by atoms with Crippen molar-refractivity contribution in [2.45, 2.75) is 25.4 Å². The van der Waals surface area contributed by atoms with Gasteiger partial charge < -0.3 is 15.7 Å². The summed E-state index contributed by atoms with van der Waals surface area (Å²) < 4.78 is 0. The normalized spacial score (nSPS) is 24.7. The minimum Gasteiger partial charge on any atom is -0.389 e. The first kappa shape index (κ1) is 12.3. The van der Waals surface area contributed by atoms with Crippen molar-refractivity contribution >= 4 is 23.0 Å². The number of hydrogen-bond acceptors (Lipinski definition) is 4. The second kappa shape index (κ2) is 4.58. The van der Waals surface area contributed by atoms with Crippen LogP contribution in [0.15, 0.2) is 18.3 Å². The summed E-state index contributed by atoms with van der Waals surface area (Å²) in [5.74, 6) is 0.866. The summed E-state index contributed by atoms with van der Waals surface area (Å²) in [6.45, 7) is 3.41. The molecule has 17 heavy (non-hydrogen) atoms. The van der Waals surface area contributed by atoms with Crippen molar-refractivity contribution in [1.29, 1.82) is 0 Å². The molecule has 0 aliphatic carbocycles. The molecule has 1 aliphatic rings. The fraction of sp³-hybridized carbons (Fsp3) is 0.500. The van der Waals surface area contributed by atoms with Gasteiger partial charge in [-0.3, -0.25) is 0 Å². The number of anilines is 1. The number of nitrogens with zero attached hydrogens (tertiary/aromatic N) is 2. The van der Waals surface area contributed by atoms with E-state index in [1.54, 1.807) is 6.20 Å². The lowest BCUT2D eigenvalue weighted by Gasteiger charge is -2.37. The van der Waals surface area contributed by atoms with E-state index in [-0.39, 0.29) is 0 Å². The second-order valence-electron chi connectivity index (χ2n) is 4.79. The lowest BCUT2D eigenvalue weighted by molar-refractivity contribution is 0.0447. The minimum atomic E-state index is -0.623. The monoisotopic (exact) mass is 251 g/mol. The molecule has 4 nitrogen and oxygen atoms in total. The predicted octanol–water partition coefficient (Wildman–Crippen LogP) is 1.07. The van der Waals surface area contributed by atoms with E-state index in [0.29, 0.717) is 11.5 Å². The lowest BCUT2D eigenvalue weighted by Crippen LogP contribution is -2.46. The molecule has 1 aromatic heterocycles. The van der Waals surface area contributed by atoms with Crippen molar-refractivity contribution in [1.82, 2.24) is 4.98 Å². The Morgan fingerprint density at radius 3 is 2.88 bits per heavy atom. The maximum Gasteiger partial charge on any atom is 0.128 e. The highest BCUT2D eigenvalue weighted by Gasteiger charge is 2.28. The van der Waals surface area contributed by atoms with E-state index in [1.807, 2.05) is 19.1 Å². The summed E-state index contributed by atoms with van der Waals surface area (Å²) in [6, 6.07) is 3.77. The lowest BCUT2D eigenvalue weighted by atomic mass is 9.95. The predicted molar refractivity (Wildman–Crippen MR) is 72.2 cm³/mol. The van der Waals surface area contributed by atoms with Crippen LogP contribution in [-0.4, -0.2) is 33.8 Å². The number of nitrogens with two attached hydrogens (primary N) is 1. The number of aromatic nitrogens is 1. The van der Waals surface area contributed by atoms with Gasteiger partial charge in [-0.05, 0) is 31.9 Å². The molecule has 0 aromatic carbocycles. The first-order valence-electron chi connectivity index (χ1n) is 5.71. The SMILES string of the molecule is CC1(O)CCCN(c2ccc(C(N)=S)cn2)C1. The Kier molecular flexibility index (Phi) is 3.31. The van der Waals surface area contributed by atoms with Gasteiger partial charge in [0.1, 0.15) is 10.8 Å². The molecule has 0 saturated carbocycles. The summed E-state index contributed by atoms with van der Waals surface area (Å²) in [5.41, 5.74) is 5.67. The van der Waals surface area contributed by atoms with Crippen LogP contribution >= 0.6 is 12.2 Å². The van der Waals surface area contributed by atoms with Crippen LogP contribution in [0.1, 0.15) is 25.3 Å². The zero-order valence-electron chi connectivity index (χ0n) is 9.89. The zero-order valence-corrected chi connectivity index (χ0v) is 10.7. The van der Waals surface area contributed by atoms with Gasteiger partial charge in [-0.25, -0.2) is 4.98 Å². The maximum absolute atomic E-state index is 10.0. The fourth-order valence-corrected chi connectivity index (χ4v) is 2.26. The largest absolute Gasteiger partial charge is 0.389 e. The van der Waals surface area contributed by atoms with E-state index in [9.17, 15) is 5.11 Å². The molecule has 1 aromatic rings. The molecule has 1 saturated heterocycles. The van der Waals surface area contributed by atoms with Crippen LogP contribution in [0.3, 0.4) is 0 Å². The Labute approximate surface area is 106 Å². The molecular weight excluding hydrogens is 234 g/mol. The highest BCUT2D eigenvalue weighted by atomic mass is 32.1. The Balaban J connectivity index is 2.14. The number of thiocarbonyl (C=S) groups is 1. The van der Waals surface area contributed by atoms with E-state index >= 15 is 0 Å². The number of rotatable bonds is 2. The van der Waals surface area contributed by atoms with Gasteiger partial charge in [-0.15, -0.1) is 0 Å². The summed E-state index contributed by atoms with van der Waals surface area (Å²) in [7, 11) is 0. The first-order chi connectivity index (χ1) is 7.98. The first-order valence-corrected chi connectivity index (χ1v) is 6.12. The van der Waals surface area contributed by atoms with Crippen LogP contribution in [-0.2, 0) is 0 Å². The second-order valence-corrected chi connectivity index (χ2v) is 5.23. The number of β-amino-alcohol motifs (C(OH)–C–C–N with tert-alkyl or cyclic N) is 1. The zero-order chi connectivity index (χ0) is 12.5. The van der Waals surface area contributed by atoms with Gasteiger partial charge in [-0.2, -0.15) is 0 Å². The molecule has 2 heterocycles. The summed E-state index contributed by atoms with van der Waals surface area (Å²) >= 11 is 4.88. The van der Waals surface area contributed by atoms with Crippen molar-refractivity contribution in [2.75, 3.05) is 18.0 Å². The molecule has 1 unspecified atom stereocenters. The van der Waals surface area contributed by atoms with Crippen molar-refractivity contribution in [3.8, 4) is 0 Å². The van der Waals surface area contributed by atoms with Gasteiger partial charge >= 0.3 is 0 Å². The molecule has 5 heteroatoms. The molecule has 92 valence electrons. The van der Waals surface area contributed by atoms with Gasteiger partial charge in [0, 0.05) is 24.8 Å². The molecule has 2 rings (SSSR count). The van der Waals surface area contributed by atoms with Gasteiger partial charge in [-0.1, -0.05) is 12.2 Å². The average molecular weight is 251 g/mol. The Morgan fingerprint density at radius 1 is 1.59 bits per heavy atom. The van der Waals surface area contributed by atoms with E-state index in [1.165, 1.54) is 0 Å². The Bertz CT molecular complexity index is 416. The molecular formula is C12H17N3OS. The third-order valence-electron chi connectivity index (χ3n) is 3.03. The van der Waals surface area contributed by atoms with Crippen LogP contribution in [0, 0.1) is 0 Å². The van der Waals surface area contributed by atoms with E-state index in [4.69, 9.17) is 18.0 Å². The highest BCUT2D eigenvalue weighted by Crippen LogP contribution is 2.24. The summed E-state index contributed by atoms with van der Waals surface area (Å²) in [4.78, 5) is 6.78. The Morgan fingerprint density at radius 2 is 2.35 bits per heavy atom. The summed E-state index contributed by atoms with van der Waals surface area (Å²) in [5, 5.41) is 10.0. The number of piperidine rings is 1. The molecule has 0 bridgehead atoms. The van der Waals surface area contributed by atoms with E-state index < -0.39 is 5.60 Å². The van der Waals surface area contributed by atoms with Gasteiger partial charge in [0.2, 0.25) is 0 Å². The van der Waals surface area contributed by atoms with Gasteiger partial charge in [0.25, 0.3) is 0 Å². The Hall–Kier alpha value is -1.20. The quantitative estimate of drug-likeness (QED) is 0.770. The van der Waals surface area contributed by atoms with Crippen LogP contribution in [0.5, 0.6) is 0 Å². The number of pyridine rings is 1. The topological polar surface area (TPSA) is 62.4 Å². The van der Waals surface area contributed by atoms with Crippen LogP contribution in [0.2, 0.25) is 0 Å². The molecule has 0 spiro atoms. The number of aliphatic hydroxyl groups is 1. The molecule has 1 fully saturated rings. The molecule has 1 atom stereocenters. The van der Waals surface area contributed by atoms with Gasteiger partial charge in [0.05, 0.1) is 5.60 Å². The standard InChI is InChI=1S/C12H17N3OS/c1-12(16)5-2-6-15(8-12)10-4-3-9(7-14-10)11(13)17/h3-4,7,16H,2,5-6,8H2,1H3,(H2,13,17). The van der Waals surface area contributed by atoms with Crippen molar-refractivity contribution in [2.24, 2.45) is 5.73 Å². The molecule has 0 radical (unpaired) electrons. The average Bonchev–Trinajstić information content (AvgIpc) is 2.28. The third kappa shape index (κ3) is 2.92. The van der Waals surface area contributed by atoms with Crippen LogP contribution < -0.4 is 10.6 Å². The minimum absolute atomic E-state index is 0.356.